The zero-order chi connectivity index (χ0) is 22.7. The minimum absolute atomic E-state index is 0.325. The molecule has 33 heavy (non-hydrogen) atoms. The molecule has 6 rings (SSSR count). The van der Waals surface area contributed by atoms with Crippen molar-refractivity contribution in [3.8, 4) is 11.5 Å². The summed E-state index contributed by atoms with van der Waals surface area (Å²) in [6.07, 6.45) is 7.86. The number of aryl methyl sites for hydroxylation is 2. The van der Waals surface area contributed by atoms with Gasteiger partial charge in [0.2, 0.25) is 0 Å². The number of piperazine rings is 1. The molecule has 0 amide bonds. The minimum atomic E-state index is -0.325. The van der Waals surface area contributed by atoms with Crippen LogP contribution in [0, 0.1) is 13.8 Å². The Hall–Kier alpha value is -3.19. The van der Waals surface area contributed by atoms with Crippen LogP contribution in [0.3, 0.4) is 0 Å². The molecule has 7 heteroatoms. The third-order valence-corrected chi connectivity index (χ3v) is 7.31. The first-order valence-corrected chi connectivity index (χ1v) is 11.9. The van der Waals surface area contributed by atoms with Crippen molar-refractivity contribution in [1.82, 2.24) is 19.3 Å². The van der Waals surface area contributed by atoms with Gasteiger partial charge in [-0.05, 0) is 57.2 Å². The van der Waals surface area contributed by atoms with E-state index in [9.17, 15) is 4.79 Å². The number of hydrogen-bond acceptors (Lipinski definition) is 6. The summed E-state index contributed by atoms with van der Waals surface area (Å²) in [5.41, 5.74) is 3.93. The standard InChI is InChI=1S/C26H29N5O2/c1-16-13-30-15-23(28-25(30)18(3)27-16)24-11-19-7-8-21(12-22(19)26(32)33-24)29-9-10-31(17(2)14-29)20-5-4-6-20/h7-8,11-13,15,17,20H,4-6,9-10,14H2,1-3H3/t17-/m1/s1. The molecule has 1 aliphatic carbocycles. The van der Waals surface area contributed by atoms with Crippen molar-refractivity contribution in [2.75, 3.05) is 24.5 Å². The summed E-state index contributed by atoms with van der Waals surface area (Å²) in [5.74, 6) is 0.476. The van der Waals surface area contributed by atoms with Crippen molar-refractivity contribution >= 4 is 22.1 Å². The molecule has 7 nitrogen and oxygen atoms in total. The van der Waals surface area contributed by atoms with Gasteiger partial charge in [0.1, 0.15) is 5.69 Å². The maximum absolute atomic E-state index is 13.0. The third kappa shape index (κ3) is 3.51. The SMILES string of the molecule is Cc1cn2cc(-c3cc4ccc(N5CCN(C6CCC6)[C@H](C)C5)cc4c(=O)o3)nc2c(C)n1. The molecule has 1 saturated heterocycles. The number of anilines is 1. The Balaban J connectivity index is 1.31. The van der Waals surface area contributed by atoms with Gasteiger partial charge >= 0.3 is 5.63 Å². The first kappa shape index (κ1) is 20.4. The number of hydrogen-bond donors (Lipinski definition) is 0. The van der Waals surface area contributed by atoms with Gasteiger partial charge in [0.05, 0.1) is 16.8 Å². The maximum atomic E-state index is 13.0. The summed E-state index contributed by atoms with van der Waals surface area (Å²) in [4.78, 5) is 27.1. The second kappa shape index (κ2) is 7.70. The second-order valence-corrected chi connectivity index (χ2v) is 9.61. The van der Waals surface area contributed by atoms with Gasteiger partial charge in [-0.1, -0.05) is 12.5 Å². The van der Waals surface area contributed by atoms with E-state index in [0.29, 0.717) is 22.9 Å². The molecule has 1 aromatic carbocycles. The highest BCUT2D eigenvalue weighted by Gasteiger charge is 2.32. The largest absolute Gasteiger partial charge is 0.421 e. The van der Waals surface area contributed by atoms with Crippen LogP contribution in [0.4, 0.5) is 5.69 Å². The zero-order valence-corrected chi connectivity index (χ0v) is 19.4. The molecular weight excluding hydrogens is 414 g/mol. The van der Waals surface area contributed by atoms with Crippen molar-refractivity contribution in [2.24, 2.45) is 0 Å². The molecule has 2 aliphatic rings. The topological polar surface area (TPSA) is 66.9 Å². The molecule has 170 valence electrons. The molecule has 4 aromatic rings. The zero-order valence-electron chi connectivity index (χ0n) is 19.4. The van der Waals surface area contributed by atoms with Crippen LogP contribution in [0.5, 0.6) is 0 Å². The van der Waals surface area contributed by atoms with Crippen LogP contribution in [-0.4, -0.2) is 51.0 Å². The Morgan fingerprint density at radius 2 is 1.91 bits per heavy atom. The van der Waals surface area contributed by atoms with E-state index in [1.165, 1.54) is 19.3 Å². The highest BCUT2D eigenvalue weighted by atomic mass is 16.4. The highest BCUT2D eigenvalue weighted by molar-refractivity contribution is 5.87. The van der Waals surface area contributed by atoms with E-state index < -0.39 is 0 Å². The van der Waals surface area contributed by atoms with Crippen LogP contribution in [0.15, 0.2) is 45.9 Å². The maximum Gasteiger partial charge on any atom is 0.344 e. The molecule has 0 N–H and O–H groups in total. The molecular formula is C26H29N5O2. The minimum Gasteiger partial charge on any atom is -0.421 e. The predicted octanol–water partition coefficient (Wildman–Crippen LogP) is 4.18. The van der Waals surface area contributed by atoms with Crippen LogP contribution in [-0.2, 0) is 0 Å². The van der Waals surface area contributed by atoms with Crippen molar-refractivity contribution in [3.05, 3.63) is 58.5 Å². The van der Waals surface area contributed by atoms with Gasteiger partial charge in [0.25, 0.3) is 0 Å². The Kier molecular flexibility index (Phi) is 4.76. The van der Waals surface area contributed by atoms with E-state index >= 15 is 0 Å². The quantitative estimate of drug-likeness (QED) is 0.473. The summed E-state index contributed by atoms with van der Waals surface area (Å²) < 4.78 is 7.67. The molecule has 1 saturated carbocycles. The van der Waals surface area contributed by atoms with E-state index in [4.69, 9.17) is 4.42 Å². The number of rotatable bonds is 3. The number of fused-ring (bicyclic) bond motifs is 2. The number of aromatic nitrogens is 3. The molecule has 1 atom stereocenters. The molecule has 1 aliphatic heterocycles. The monoisotopic (exact) mass is 443 g/mol. The van der Waals surface area contributed by atoms with E-state index in [1.807, 2.05) is 48.8 Å². The summed E-state index contributed by atoms with van der Waals surface area (Å²) in [7, 11) is 0. The van der Waals surface area contributed by atoms with Crippen LogP contribution in [0.25, 0.3) is 27.9 Å². The van der Waals surface area contributed by atoms with Gasteiger partial charge in [-0.25, -0.2) is 9.78 Å². The molecule has 3 aromatic heterocycles. The normalized spacial score (nSPS) is 20.0. The fraction of sp³-hybridized carbons (Fsp3) is 0.423. The number of nitrogens with zero attached hydrogens (tertiary/aromatic N) is 5. The smallest absolute Gasteiger partial charge is 0.344 e. The fourth-order valence-corrected chi connectivity index (χ4v) is 5.39. The number of benzene rings is 1. The first-order chi connectivity index (χ1) is 16.0. The lowest BCUT2D eigenvalue weighted by molar-refractivity contribution is 0.0775. The fourth-order valence-electron chi connectivity index (χ4n) is 5.39. The van der Waals surface area contributed by atoms with Crippen molar-refractivity contribution < 1.29 is 4.42 Å². The summed E-state index contributed by atoms with van der Waals surface area (Å²) in [6, 6.07) is 9.34. The van der Waals surface area contributed by atoms with Crippen LogP contribution in [0.2, 0.25) is 0 Å². The molecule has 0 spiro atoms. The van der Waals surface area contributed by atoms with Crippen molar-refractivity contribution in [1.29, 1.82) is 0 Å². The predicted molar refractivity (Wildman–Crippen MR) is 130 cm³/mol. The molecule has 0 bridgehead atoms. The Labute approximate surface area is 192 Å². The average Bonchev–Trinajstić information content (AvgIpc) is 3.18. The van der Waals surface area contributed by atoms with Crippen LogP contribution >= 0.6 is 0 Å². The molecule has 0 radical (unpaired) electrons. The summed E-state index contributed by atoms with van der Waals surface area (Å²) in [6.45, 7) is 9.26. The Bertz CT molecular complexity index is 1420. The lowest BCUT2D eigenvalue weighted by Gasteiger charge is -2.47. The lowest BCUT2D eigenvalue weighted by atomic mass is 9.89. The van der Waals surface area contributed by atoms with Gasteiger partial charge < -0.3 is 13.7 Å². The third-order valence-electron chi connectivity index (χ3n) is 7.31. The molecule has 2 fully saturated rings. The van der Waals surface area contributed by atoms with Gasteiger partial charge in [-0.2, -0.15) is 0 Å². The Morgan fingerprint density at radius 3 is 2.67 bits per heavy atom. The van der Waals surface area contributed by atoms with Gasteiger partial charge in [-0.3, -0.25) is 9.88 Å². The average molecular weight is 444 g/mol. The van der Waals surface area contributed by atoms with Gasteiger partial charge in [0, 0.05) is 49.8 Å². The van der Waals surface area contributed by atoms with Gasteiger partial charge in [0.15, 0.2) is 11.4 Å². The van der Waals surface area contributed by atoms with E-state index in [2.05, 4.69) is 32.8 Å². The van der Waals surface area contributed by atoms with Crippen molar-refractivity contribution in [2.45, 2.75) is 52.1 Å². The van der Waals surface area contributed by atoms with E-state index in [0.717, 1.165) is 53.8 Å². The summed E-state index contributed by atoms with van der Waals surface area (Å²) >= 11 is 0. The number of imidazole rings is 1. The molecule has 4 heterocycles. The molecule has 0 unspecified atom stereocenters. The van der Waals surface area contributed by atoms with E-state index in [-0.39, 0.29) is 5.63 Å². The Morgan fingerprint density at radius 1 is 1.06 bits per heavy atom. The second-order valence-electron chi connectivity index (χ2n) is 9.61. The highest BCUT2D eigenvalue weighted by Crippen LogP contribution is 2.31. The van der Waals surface area contributed by atoms with Crippen molar-refractivity contribution in [3.63, 3.8) is 0 Å². The van der Waals surface area contributed by atoms with Crippen LogP contribution in [0.1, 0.15) is 37.6 Å². The first-order valence-electron chi connectivity index (χ1n) is 11.9. The van der Waals surface area contributed by atoms with Gasteiger partial charge in [-0.15, -0.1) is 0 Å². The van der Waals surface area contributed by atoms with Crippen LogP contribution < -0.4 is 10.5 Å². The lowest BCUT2D eigenvalue weighted by Crippen LogP contribution is -2.57. The summed E-state index contributed by atoms with van der Waals surface area (Å²) in [5, 5.41) is 1.48. The van der Waals surface area contributed by atoms with E-state index in [1.54, 1.807) is 0 Å².